The predicted octanol–water partition coefficient (Wildman–Crippen LogP) is 2.45. The Kier molecular flexibility index (Phi) is 4.77. The van der Waals surface area contributed by atoms with Crippen LogP contribution < -0.4 is 5.32 Å². The van der Waals surface area contributed by atoms with Gasteiger partial charge in [0.2, 0.25) is 0 Å². The molecule has 0 aliphatic carbocycles. The number of hydrogen-bond acceptors (Lipinski definition) is 3. The maximum atomic E-state index is 12.1. The second-order valence-electron chi connectivity index (χ2n) is 4.86. The molecule has 5 heteroatoms. The summed E-state index contributed by atoms with van der Waals surface area (Å²) >= 11 is 5.91. The van der Waals surface area contributed by atoms with Crippen molar-refractivity contribution in [1.82, 2.24) is 10.3 Å². The van der Waals surface area contributed by atoms with E-state index in [0.29, 0.717) is 23.2 Å². The Labute approximate surface area is 118 Å². The van der Waals surface area contributed by atoms with E-state index in [4.69, 9.17) is 16.3 Å². The minimum atomic E-state index is -0.0990. The van der Waals surface area contributed by atoms with Gasteiger partial charge in [0.25, 0.3) is 5.91 Å². The molecule has 0 saturated carbocycles. The molecule has 1 aliphatic heterocycles. The third-order valence-electron chi connectivity index (χ3n) is 3.53. The molecule has 2 unspecified atom stereocenters. The van der Waals surface area contributed by atoms with Gasteiger partial charge in [0.15, 0.2) is 0 Å². The number of halogens is 1. The Morgan fingerprint density at radius 3 is 3.00 bits per heavy atom. The highest BCUT2D eigenvalue weighted by atomic mass is 35.5. The van der Waals surface area contributed by atoms with E-state index in [1.165, 1.54) is 0 Å². The average molecular weight is 283 g/mol. The summed E-state index contributed by atoms with van der Waals surface area (Å²) in [6.45, 7) is 5.45. The molecule has 1 saturated heterocycles. The summed E-state index contributed by atoms with van der Waals surface area (Å²) in [5.41, 5.74) is 1.40. The molecule has 1 N–H and O–H groups in total. The lowest BCUT2D eigenvalue weighted by atomic mass is 10.0. The number of pyridine rings is 1. The average Bonchev–Trinajstić information content (AvgIpc) is 2.80. The quantitative estimate of drug-likeness (QED) is 0.863. The summed E-state index contributed by atoms with van der Waals surface area (Å²) in [4.78, 5) is 16.2. The van der Waals surface area contributed by atoms with Crippen LogP contribution in [0.2, 0.25) is 5.15 Å². The van der Waals surface area contributed by atoms with Crippen LogP contribution >= 0.6 is 11.6 Å². The monoisotopic (exact) mass is 282 g/mol. The molecule has 2 heterocycles. The molecule has 0 spiro atoms. The van der Waals surface area contributed by atoms with Crippen molar-refractivity contribution in [2.24, 2.45) is 5.92 Å². The summed E-state index contributed by atoms with van der Waals surface area (Å²) in [7, 11) is 0. The van der Waals surface area contributed by atoms with E-state index < -0.39 is 0 Å². The summed E-state index contributed by atoms with van der Waals surface area (Å²) in [5, 5.41) is 3.31. The van der Waals surface area contributed by atoms with Crippen LogP contribution in [-0.2, 0) is 11.2 Å². The normalized spacial score (nSPS) is 22.5. The molecule has 1 aromatic rings. The van der Waals surface area contributed by atoms with Gasteiger partial charge in [-0.1, -0.05) is 18.5 Å². The second kappa shape index (κ2) is 6.35. The number of aromatic nitrogens is 1. The van der Waals surface area contributed by atoms with Gasteiger partial charge < -0.3 is 10.1 Å². The molecule has 0 aromatic carbocycles. The van der Waals surface area contributed by atoms with Crippen LogP contribution in [0.25, 0.3) is 0 Å². The first-order valence-electron chi connectivity index (χ1n) is 6.66. The Balaban J connectivity index is 1.97. The highest BCUT2D eigenvalue weighted by molar-refractivity contribution is 6.29. The minimum absolute atomic E-state index is 0.0990. The van der Waals surface area contributed by atoms with Crippen LogP contribution in [0.3, 0.4) is 0 Å². The van der Waals surface area contributed by atoms with Gasteiger partial charge in [-0.3, -0.25) is 4.79 Å². The number of amides is 1. The first kappa shape index (κ1) is 14.3. The van der Waals surface area contributed by atoms with Crippen LogP contribution in [0.4, 0.5) is 0 Å². The van der Waals surface area contributed by atoms with Crippen LogP contribution in [0.1, 0.15) is 36.3 Å². The van der Waals surface area contributed by atoms with E-state index >= 15 is 0 Å². The number of carbonyl (C=O) groups excluding carboxylic acids is 1. The summed E-state index contributed by atoms with van der Waals surface area (Å²) in [6.07, 6.45) is 1.97. The molecular formula is C14H19ClN2O2. The number of carbonyl (C=O) groups is 1. The fraction of sp³-hybridized carbons (Fsp3) is 0.571. The second-order valence-corrected chi connectivity index (χ2v) is 5.25. The minimum Gasteiger partial charge on any atom is -0.378 e. The summed E-state index contributed by atoms with van der Waals surface area (Å²) in [5.74, 6) is 0.296. The van der Waals surface area contributed by atoms with Gasteiger partial charge in [0.1, 0.15) is 5.15 Å². The van der Waals surface area contributed by atoms with Gasteiger partial charge in [0.05, 0.1) is 6.10 Å². The molecule has 0 bridgehead atoms. The number of hydrogen-bond donors (Lipinski definition) is 1. The molecule has 2 atom stereocenters. The Morgan fingerprint density at radius 1 is 1.58 bits per heavy atom. The van der Waals surface area contributed by atoms with Gasteiger partial charge in [-0.15, -0.1) is 0 Å². The number of aryl methyl sites for hydroxylation is 1. The molecule has 1 aromatic heterocycles. The van der Waals surface area contributed by atoms with Crippen molar-refractivity contribution in [1.29, 1.82) is 0 Å². The molecular weight excluding hydrogens is 264 g/mol. The number of rotatable bonds is 4. The zero-order chi connectivity index (χ0) is 13.8. The van der Waals surface area contributed by atoms with E-state index in [1.54, 1.807) is 12.1 Å². The maximum Gasteiger partial charge on any atom is 0.251 e. The Morgan fingerprint density at radius 2 is 2.37 bits per heavy atom. The van der Waals surface area contributed by atoms with Crippen molar-refractivity contribution in [3.05, 3.63) is 28.5 Å². The third kappa shape index (κ3) is 3.67. The Bertz CT molecular complexity index is 465. The largest absolute Gasteiger partial charge is 0.378 e. The van der Waals surface area contributed by atoms with E-state index in [2.05, 4.69) is 10.3 Å². The lowest BCUT2D eigenvalue weighted by Crippen LogP contribution is -2.32. The van der Waals surface area contributed by atoms with Crippen molar-refractivity contribution < 1.29 is 9.53 Å². The zero-order valence-corrected chi connectivity index (χ0v) is 12.0. The Hall–Kier alpha value is -1.13. The van der Waals surface area contributed by atoms with Crippen molar-refractivity contribution in [2.75, 3.05) is 13.2 Å². The highest BCUT2D eigenvalue weighted by Crippen LogP contribution is 2.19. The van der Waals surface area contributed by atoms with Gasteiger partial charge in [-0.2, -0.15) is 0 Å². The fourth-order valence-electron chi connectivity index (χ4n) is 2.23. The van der Waals surface area contributed by atoms with Gasteiger partial charge in [-0.05, 0) is 31.9 Å². The van der Waals surface area contributed by atoms with Crippen molar-refractivity contribution in [3.8, 4) is 0 Å². The van der Waals surface area contributed by atoms with Gasteiger partial charge >= 0.3 is 0 Å². The molecule has 1 amide bonds. The number of nitrogens with zero attached hydrogens (tertiary/aromatic N) is 1. The number of ether oxygens (including phenoxy) is 1. The van der Waals surface area contributed by atoms with Crippen LogP contribution in [0.5, 0.6) is 0 Å². The third-order valence-corrected chi connectivity index (χ3v) is 3.72. The molecule has 1 fully saturated rings. The van der Waals surface area contributed by atoms with E-state index in [9.17, 15) is 4.79 Å². The van der Waals surface area contributed by atoms with Crippen LogP contribution in [0, 0.1) is 5.92 Å². The van der Waals surface area contributed by atoms with Gasteiger partial charge in [-0.25, -0.2) is 4.98 Å². The topological polar surface area (TPSA) is 51.2 Å². The molecule has 1 aliphatic rings. The van der Waals surface area contributed by atoms with Crippen LogP contribution in [-0.4, -0.2) is 30.1 Å². The molecule has 0 radical (unpaired) electrons. The standard InChI is InChI=1S/C14H19ClN2O2/c1-3-12-6-11(7-13(15)17-12)14(18)16-8-10-4-5-19-9(10)2/h6-7,9-10H,3-5,8H2,1-2H3,(H,16,18). The van der Waals surface area contributed by atoms with Crippen molar-refractivity contribution in [2.45, 2.75) is 32.8 Å². The molecule has 4 nitrogen and oxygen atoms in total. The molecule has 104 valence electrons. The van der Waals surface area contributed by atoms with Crippen LogP contribution in [0.15, 0.2) is 12.1 Å². The van der Waals surface area contributed by atoms with E-state index in [-0.39, 0.29) is 12.0 Å². The summed E-state index contributed by atoms with van der Waals surface area (Å²) in [6, 6.07) is 3.39. The lowest BCUT2D eigenvalue weighted by Gasteiger charge is -2.15. The van der Waals surface area contributed by atoms with Gasteiger partial charge in [0, 0.05) is 30.3 Å². The van der Waals surface area contributed by atoms with E-state index in [0.717, 1.165) is 25.1 Å². The number of nitrogens with one attached hydrogen (secondary N) is 1. The van der Waals surface area contributed by atoms with Crippen molar-refractivity contribution >= 4 is 17.5 Å². The maximum absolute atomic E-state index is 12.1. The van der Waals surface area contributed by atoms with Crippen molar-refractivity contribution in [3.63, 3.8) is 0 Å². The zero-order valence-electron chi connectivity index (χ0n) is 11.3. The fourth-order valence-corrected chi connectivity index (χ4v) is 2.46. The first-order valence-corrected chi connectivity index (χ1v) is 7.04. The smallest absolute Gasteiger partial charge is 0.251 e. The lowest BCUT2D eigenvalue weighted by molar-refractivity contribution is 0.0907. The molecule has 19 heavy (non-hydrogen) atoms. The highest BCUT2D eigenvalue weighted by Gasteiger charge is 2.24. The first-order chi connectivity index (χ1) is 9.10. The molecule has 2 rings (SSSR count). The van der Waals surface area contributed by atoms with E-state index in [1.807, 2.05) is 13.8 Å². The summed E-state index contributed by atoms with van der Waals surface area (Å²) < 4.78 is 5.48. The SMILES string of the molecule is CCc1cc(C(=O)NCC2CCOC2C)cc(Cl)n1. The predicted molar refractivity (Wildman–Crippen MR) is 74.5 cm³/mol.